The van der Waals surface area contributed by atoms with E-state index in [1.54, 1.807) is 6.20 Å². The van der Waals surface area contributed by atoms with Crippen LogP contribution >= 0.6 is 0 Å². The van der Waals surface area contributed by atoms with Crippen molar-refractivity contribution in [2.75, 3.05) is 11.9 Å². The Morgan fingerprint density at radius 3 is 3.00 bits per heavy atom. The van der Waals surface area contributed by atoms with Crippen molar-refractivity contribution in [1.82, 2.24) is 9.55 Å². The van der Waals surface area contributed by atoms with E-state index in [4.69, 9.17) is 0 Å². The van der Waals surface area contributed by atoms with Gasteiger partial charge >= 0.3 is 0 Å². The van der Waals surface area contributed by atoms with Crippen LogP contribution in [0.3, 0.4) is 0 Å². The van der Waals surface area contributed by atoms with E-state index < -0.39 is 0 Å². The van der Waals surface area contributed by atoms with E-state index >= 15 is 0 Å². The summed E-state index contributed by atoms with van der Waals surface area (Å²) in [6.45, 7) is 2.99. The van der Waals surface area contributed by atoms with E-state index in [9.17, 15) is 0 Å². The minimum absolute atomic E-state index is 0.908. The lowest BCUT2D eigenvalue weighted by molar-refractivity contribution is 1.04. The summed E-state index contributed by atoms with van der Waals surface area (Å²) in [6.07, 6.45) is 6.49. The highest BCUT2D eigenvalue weighted by molar-refractivity contribution is 5.60. The first-order valence-corrected chi connectivity index (χ1v) is 4.66. The van der Waals surface area contributed by atoms with E-state index in [0.717, 1.165) is 17.9 Å². The van der Waals surface area contributed by atoms with Gasteiger partial charge in [-0.05, 0) is 19.1 Å². The van der Waals surface area contributed by atoms with Crippen molar-refractivity contribution < 1.29 is 0 Å². The number of rotatable bonds is 3. The Bertz CT molecular complexity index is 393. The third-order valence-corrected chi connectivity index (χ3v) is 1.99. The lowest BCUT2D eigenvalue weighted by atomic mass is 10.2. The standard InChI is InChI=1S/C11H12N3/c1-2-13-10-5-3-4-6-11(10)14-8-7-12-9-14/h3-8,13H,2H2,1H3. The van der Waals surface area contributed by atoms with Gasteiger partial charge in [-0.15, -0.1) is 0 Å². The molecule has 0 spiro atoms. The van der Waals surface area contributed by atoms with Crippen LogP contribution in [0.1, 0.15) is 6.92 Å². The minimum Gasteiger partial charge on any atom is -0.384 e. The largest absolute Gasteiger partial charge is 0.384 e. The first kappa shape index (κ1) is 8.81. The van der Waals surface area contributed by atoms with Crippen molar-refractivity contribution in [3.8, 4) is 5.69 Å². The number of hydrogen-bond acceptors (Lipinski definition) is 2. The first-order chi connectivity index (χ1) is 6.92. The predicted octanol–water partition coefficient (Wildman–Crippen LogP) is 2.10. The Kier molecular flexibility index (Phi) is 2.49. The lowest BCUT2D eigenvalue weighted by Crippen LogP contribution is -2.02. The number of hydrogen-bond donors (Lipinski definition) is 1. The van der Waals surface area contributed by atoms with Crippen molar-refractivity contribution >= 4 is 5.69 Å². The molecule has 3 nitrogen and oxygen atoms in total. The molecule has 0 aliphatic rings. The molecule has 0 unspecified atom stereocenters. The molecule has 0 bridgehead atoms. The van der Waals surface area contributed by atoms with Crippen LogP contribution in [0.25, 0.3) is 5.69 Å². The number of benzene rings is 1. The van der Waals surface area contributed by atoms with Crippen LogP contribution in [0.4, 0.5) is 5.69 Å². The summed E-state index contributed by atoms with van der Waals surface area (Å²) in [5.41, 5.74) is 2.18. The average molecular weight is 186 g/mol. The highest BCUT2D eigenvalue weighted by Gasteiger charge is 2.01. The number of imidazole rings is 1. The Balaban J connectivity index is 2.42. The fraction of sp³-hybridized carbons (Fsp3) is 0.182. The van der Waals surface area contributed by atoms with E-state index in [0.29, 0.717) is 0 Å². The zero-order chi connectivity index (χ0) is 9.80. The molecule has 1 heterocycles. The molecule has 1 N–H and O–H groups in total. The number of aromatic nitrogens is 2. The molecular formula is C11H12N3. The molecule has 1 radical (unpaired) electrons. The van der Waals surface area contributed by atoms with Gasteiger partial charge in [-0.2, -0.15) is 0 Å². The maximum atomic E-state index is 3.91. The Hall–Kier alpha value is -1.77. The Morgan fingerprint density at radius 1 is 1.43 bits per heavy atom. The van der Waals surface area contributed by atoms with Crippen LogP contribution in [-0.2, 0) is 0 Å². The van der Waals surface area contributed by atoms with Gasteiger partial charge in [0.05, 0.1) is 11.4 Å². The molecule has 1 aromatic carbocycles. The van der Waals surface area contributed by atoms with Crippen molar-refractivity contribution in [3.63, 3.8) is 0 Å². The summed E-state index contributed by atoms with van der Waals surface area (Å²) in [4.78, 5) is 3.91. The van der Waals surface area contributed by atoms with Crippen LogP contribution in [0.15, 0.2) is 36.7 Å². The normalized spacial score (nSPS) is 10.1. The topological polar surface area (TPSA) is 29.9 Å². The number of para-hydroxylation sites is 2. The van der Waals surface area contributed by atoms with Gasteiger partial charge in [0, 0.05) is 18.9 Å². The lowest BCUT2D eigenvalue weighted by Gasteiger charge is -2.09. The minimum atomic E-state index is 0.908. The van der Waals surface area contributed by atoms with Crippen molar-refractivity contribution in [2.45, 2.75) is 6.92 Å². The second-order valence-electron chi connectivity index (χ2n) is 2.94. The predicted molar refractivity (Wildman–Crippen MR) is 56.6 cm³/mol. The molecule has 71 valence electrons. The zero-order valence-electron chi connectivity index (χ0n) is 8.07. The molecule has 2 rings (SSSR count). The molecule has 14 heavy (non-hydrogen) atoms. The molecule has 0 saturated heterocycles. The third-order valence-electron chi connectivity index (χ3n) is 1.99. The summed E-state index contributed by atoms with van der Waals surface area (Å²) in [7, 11) is 0. The molecule has 0 atom stereocenters. The van der Waals surface area contributed by atoms with Gasteiger partial charge in [-0.25, -0.2) is 4.98 Å². The fourth-order valence-corrected chi connectivity index (χ4v) is 1.39. The van der Waals surface area contributed by atoms with Gasteiger partial charge in [-0.3, -0.25) is 4.57 Å². The molecular weight excluding hydrogens is 174 g/mol. The van der Waals surface area contributed by atoms with Gasteiger partial charge in [0.25, 0.3) is 0 Å². The smallest absolute Gasteiger partial charge is 0.181 e. The van der Waals surface area contributed by atoms with E-state index in [1.165, 1.54) is 0 Å². The van der Waals surface area contributed by atoms with E-state index in [1.807, 2.05) is 35.0 Å². The maximum absolute atomic E-state index is 3.91. The molecule has 2 aromatic rings. The summed E-state index contributed by atoms with van der Waals surface area (Å²) < 4.78 is 1.87. The van der Waals surface area contributed by atoms with E-state index in [2.05, 4.69) is 23.6 Å². The molecule has 0 aliphatic carbocycles. The Morgan fingerprint density at radius 2 is 2.29 bits per heavy atom. The van der Waals surface area contributed by atoms with Crippen LogP contribution in [0.2, 0.25) is 0 Å². The van der Waals surface area contributed by atoms with Crippen molar-refractivity contribution in [3.05, 3.63) is 43.0 Å². The quantitative estimate of drug-likeness (QED) is 0.795. The summed E-state index contributed by atoms with van der Waals surface area (Å²) in [5, 5.41) is 3.30. The molecule has 0 fully saturated rings. The second kappa shape index (κ2) is 3.96. The van der Waals surface area contributed by atoms with Gasteiger partial charge in [0.1, 0.15) is 0 Å². The van der Waals surface area contributed by atoms with Crippen LogP contribution in [0.5, 0.6) is 0 Å². The maximum Gasteiger partial charge on any atom is 0.181 e. The van der Waals surface area contributed by atoms with Gasteiger partial charge in [0.2, 0.25) is 0 Å². The SMILES string of the molecule is CCNc1ccccc1-n1[c]ncc1. The van der Waals surface area contributed by atoms with Crippen molar-refractivity contribution in [2.24, 2.45) is 0 Å². The Labute approximate surface area is 83.4 Å². The monoisotopic (exact) mass is 186 g/mol. The molecule has 1 aromatic heterocycles. The van der Waals surface area contributed by atoms with Crippen LogP contribution < -0.4 is 5.32 Å². The number of nitrogens with zero attached hydrogens (tertiary/aromatic N) is 2. The summed E-state index contributed by atoms with van der Waals surface area (Å²) in [5.74, 6) is 0. The summed E-state index contributed by atoms with van der Waals surface area (Å²) >= 11 is 0. The first-order valence-electron chi connectivity index (χ1n) is 4.66. The van der Waals surface area contributed by atoms with Crippen LogP contribution in [0, 0.1) is 6.33 Å². The summed E-state index contributed by atoms with van der Waals surface area (Å²) in [6, 6.07) is 8.10. The molecule has 0 saturated carbocycles. The molecule has 0 amide bonds. The fourth-order valence-electron chi connectivity index (χ4n) is 1.39. The van der Waals surface area contributed by atoms with Gasteiger partial charge in [0.15, 0.2) is 6.33 Å². The molecule has 0 aliphatic heterocycles. The van der Waals surface area contributed by atoms with Gasteiger partial charge < -0.3 is 5.32 Å². The molecule has 3 heteroatoms. The second-order valence-corrected chi connectivity index (χ2v) is 2.94. The number of anilines is 1. The van der Waals surface area contributed by atoms with Crippen LogP contribution in [-0.4, -0.2) is 16.1 Å². The van der Waals surface area contributed by atoms with Crippen molar-refractivity contribution in [1.29, 1.82) is 0 Å². The highest BCUT2D eigenvalue weighted by Crippen LogP contribution is 2.18. The highest BCUT2D eigenvalue weighted by atomic mass is 15.0. The number of nitrogens with one attached hydrogen (secondary N) is 1. The average Bonchev–Trinajstić information content (AvgIpc) is 2.72. The zero-order valence-corrected chi connectivity index (χ0v) is 8.07. The third kappa shape index (κ3) is 1.62. The van der Waals surface area contributed by atoms with E-state index in [-0.39, 0.29) is 0 Å². The van der Waals surface area contributed by atoms with Gasteiger partial charge in [-0.1, -0.05) is 12.1 Å².